The third-order valence-electron chi connectivity index (χ3n) is 5.43. The Kier molecular flexibility index (Phi) is 4.99. The minimum atomic E-state index is -1.07. The van der Waals surface area contributed by atoms with Crippen LogP contribution >= 0.6 is 0 Å². The summed E-state index contributed by atoms with van der Waals surface area (Å²) in [5.74, 6) is -2.12. The van der Waals surface area contributed by atoms with Crippen LogP contribution in [0.2, 0.25) is 0 Å². The number of amides is 1. The molecule has 1 saturated heterocycles. The van der Waals surface area contributed by atoms with Gasteiger partial charge < -0.3 is 14.4 Å². The lowest BCUT2D eigenvalue weighted by Crippen LogP contribution is -2.29. The lowest BCUT2D eigenvalue weighted by molar-refractivity contribution is -0.140. The fraction of sp³-hybridized carbons (Fsp3) is 0.167. The number of aliphatic hydroxyl groups excluding tert-OH is 1. The van der Waals surface area contributed by atoms with Gasteiger partial charge in [0.2, 0.25) is 0 Å². The maximum atomic E-state index is 14.7. The van der Waals surface area contributed by atoms with Gasteiger partial charge in [-0.1, -0.05) is 30.3 Å². The Morgan fingerprint density at radius 1 is 1.07 bits per heavy atom. The molecular weight excluding hydrogens is 385 g/mol. The van der Waals surface area contributed by atoms with Crippen LogP contribution in [0.4, 0.5) is 4.39 Å². The van der Waals surface area contributed by atoms with E-state index in [0.717, 1.165) is 11.1 Å². The molecule has 6 heteroatoms. The predicted molar refractivity (Wildman–Crippen MR) is 109 cm³/mol. The Bertz CT molecular complexity index is 1160. The predicted octanol–water partition coefficient (Wildman–Crippen LogP) is 4.66. The minimum absolute atomic E-state index is 0.0275. The van der Waals surface area contributed by atoms with E-state index in [4.69, 9.17) is 4.42 Å². The first kappa shape index (κ1) is 19.6. The second-order valence-electron chi connectivity index (χ2n) is 7.33. The van der Waals surface area contributed by atoms with Crippen LogP contribution in [0.15, 0.2) is 70.9 Å². The number of likely N-dealkylation sites (tertiary alicyclic amines) is 1. The fourth-order valence-electron chi connectivity index (χ4n) is 3.68. The molecule has 152 valence electrons. The molecule has 1 aliphatic heterocycles. The molecule has 2 heterocycles. The molecule has 1 atom stereocenters. The number of carbonyl (C=O) groups is 2. The molecule has 0 bridgehead atoms. The normalized spacial score (nSPS) is 18.2. The minimum Gasteiger partial charge on any atom is -0.507 e. The molecule has 0 saturated carbocycles. The number of aliphatic hydroxyl groups is 1. The van der Waals surface area contributed by atoms with Crippen molar-refractivity contribution in [2.24, 2.45) is 0 Å². The van der Waals surface area contributed by atoms with Crippen LogP contribution in [0.3, 0.4) is 0 Å². The van der Waals surface area contributed by atoms with Crippen molar-refractivity contribution in [3.63, 3.8) is 0 Å². The molecule has 30 heavy (non-hydrogen) atoms. The molecule has 2 aromatic carbocycles. The maximum Gasteiger partial charge on any atom is 0.296 e. The number of hydrogen-bond donors (Lipinski definition) is 1. The Balaban J connectivity index is 1.90. The van der Waals surface area contributed by atoms with Gasteiger partial charge in [-0.05, 0) is 49.2 Å². The van der Waals surface area contributed by atoms with Crippen molar-refractivity contribution in [3.8, 4) is 0 Å². The smallest absolute Gasteiger partial charge is 0.296 e. The van der Waals surface area contributed by atoms with Crippen LogP contribution in [0.25, 0.3) is 5.76 Å². The van der Waals surface area contributed by atoms with E-state index in [0.29, 0.717) is 11.3 Å². The Labute approximate surface area is 173 Å². The van der Waals surface area contributed by atoms with E-state index in [1.807, 2.05) is 19.9 Å². The van der Waals surface area contributed by atoms with Crippen molar-refractivity contribution in [3.05, 3.63) is 100 Å². The van der Waals surface area contributed by atoms with Crippen LogP contribution in [0.1, 0.15) is 34.1 Å². The molecule has 0 radical (unpaired) electrons. The van der Waals surface area contributed by atoms with E-state index in [1.54, 1.807) is 30.3 Å². The van der Waals surface area contributed by atoms with Gasteiger partial charge in [0.25, 0.3) is 11.7 Å². The van der Waals surface area contributed by atoms with E-state index in [2.05, 4.69) is 0 Å². The first-order valence-corrected chi connectivity index (χ1v) is 9.51. The number of hydrogen-bond acceptors (Lipinski definition) is 4. The topological polar surface area (TPSA) is 70.8 Å². The number of rotatable bonds is 4. The molecule has 1 aromatic heterocycles. The monoisotopic (exact) mass is 405 g/mol. The van der Waals surface area contributed by atoms with E-state index in [-0.39, 0.29) is 23.4 Å². The van der Waals surface area contributed by atoms with E-state index in [9.17, 15) is 19.1 Å². The zero-order chi connectivity index (χ0) is 21.4. The quantitative estimate of drug-likeness (QED) is 0.389. The third-order valence-corrected chi connectivity index (χ3v) is 5.43. The van der Waals surface area contributed by atoms with Crippen LogP contribution < -0.4 is 0 Å². The molecule has 1 fully saturated rings. The Morgan fingerprint density at radius 3 is 2.50 bits per heavy atom. The standard InChI is InChI=1S/C24H20FNO4/c1-14-9-10-16(12-15(14)2)22(27)20-21(18-7-3-4-8-19(18)25)26(24(29)23(20)28)13-17-6-5-11-30-17/h3-12,21,27H,13H2,1-2H3/b22-20+. The summed E-state index contributed by atoms with van der Waals surface area (Å²) in [6.45, 7) is 3.79. The first-order chi connectivity index (χ1) is 14.4. The van der Waals surface area contributed by atoms with E-state index >= 15 is 0 Å². The molecule has 1 N–H and O–H groups in total. The van der Waals surface area contributed by atoms with Crippen molar-refractivity contribution in [2.45, 2.75) is 26.4 Å². The molecule has 0 spiro atoms. The highest BCUT2D eigenvalue weighted by atomic mass is 19.1. The first-order valence-electron chi connectivity index (χ1n) is 9.51. The van der Waals surface area contributed by atoms with Gasteiger partial charge >= 0.3 is 0 Å². The van der Waals surface area contributed by atoms with Gasteiger partial charge in [-0.25, -0.2) is 4.39 Å². The van der Waals surface area contributed by atoms with Crippen LogP contribution in [0, 0.1) is 19.7 Å². The molecule has 4 rings (SSSR count). The van der Waals surface area contributed by atoms with Crippen molar-refractivity contribution in [1.82, 2.24) is 4.90 Å². The number of Topliss-reactive ketones (excluding diaryl/α,β-unsaturated/α-hetero) is 1. The van der Waals surface area contributed by atoms with E-state index < -0.39 is 23.5 Å². The van der Waals surface area contributed by atoms with Crippen LogP contribution in [-0.2, 0) is 16.1 Å². The van der Waals surface area contributed by atoms with Crippen LogP contribution in [-0.4, -0.2) is 21.7 Å². The Hall–Kier alpha value is -3.67. The number of halogens is 1. The van der Waals surface area contributed by atoms with Crippen molar-refractivity contribution >= 4 is 17.4 Å². The number of nitrogens with zero attached hydrogens (tertiary/aromatic N) is 1. The summed E-state index contributed by atoms with van der Waals surface area (Å²) in [6, 6.07) is 13.4. The highest BCUT2D eigenvalue weighted by molar-refractivity contribution is 6.46. The van der Waals surface area contributed by atoms with Crippen LogP contribution in [0.5, 0.6) is 0 Å². The number of ketones is 1. The van der Waals surface area contributed by atoms with Gasteiger partial charge in [0.15, 0.2) is 0 Å². The van der Waals surface area contributed by atoms with Gasteiger partial charge in [0.05, 0.1) is 24.4 Å². The highest BCUT2D eigenvalue weighted by Crippen LogP contribution is 2.41. The summed E-state index contributed by atoms with van der Waals surface area (Å²) in [6.07, 6.45) is 1.46. The number of benzene rings is 2. The average Bonchev–Trinajstić information content (AvgIpc) is 3.32. The SMILES string of the molecule is Cc1ccc(/C(O)=C2\C(=O)C(=O)N(Cc3ccco3)C2c2ccccc2F)cc1C. The van der Waals surface area contributed by atoms with E-state index in [1.165, 1.54) is 29.4 Å². The average molecular weight is 405 g/mol. The lowest BCUT2D eigenvalue weighted by Gasteiger charge is -2.24. The second-order valence-corrected chi connectivity index (χ2v) is 7.33. The molecular formula is C24H20FNO4. The third kappa shape index (κ3) is 3.30. The molecule has 3 aromatic rings. The van der Waals surface area contributed by atoms with Crippen molar-refractivity contribution in [1.29, 1.82) is 0 Å². The number of carbonyl (C=O) groups excluding carboxylic acids is 2. The van der Waals surface area contributed by atoms with Gasteiger partial charge in [-0.15, -0.1) is 0 Å². The maximum absolute atomic E-state index is 14.7. The summed E-state index contributed by atoms with van der Waals surface area (Å²) in [7, 11) is 0. The number of aryl methyl sites for hydroxylation is 2. The van der Waals surface area contributed by atoms with Crippen molar-refractivity contribution in [2.75, 3.05) is 0 Å². The summed E-state index contributed by atoms with van der Waals surface area (Å²) in [5, 5.41) is 11.0. The second kappa shape index (κ2) is 7.63. The zero-order valence-electron chi connectivity index (χ0n) is 16.6. The van der Waals surface area contributed by atoms with Gasteiger partial charge in [-0.2, -0.15) is 0 Å². The zero-order valence-corrected chi connectivity index (χ0v) is 16.6. The summed E-state index contributed by atoms with van der Waals surface area (Å²) >= 11 is 0. The van der Waals surface area contributed by atoms with Gasteiger partial charge in [0.1, 0.15) is 17.3 Å². The number of furan rings is 1. The van der Waals surface area contributed by atoms with Gasteiger partial charge in [0, 0.05) is 11.1 Å². The summed E-state index contributed by atoms with van der Waals surface area (Å²) in [4.78, 5) is 27.0. The van der Waals surface area contributed by atoms with Crippen molar-refractivity contribution < 1.29 is 23.5 Å². The molecule has 5 nitrogen and oxygen atoms in total. The highest BCUT2D eigenvalue weighted by Gasteiger charge is 2.47. The molecule has 1 unspecified atom stereocenters. The van der Waals surface area contributed by atoms with Gasteiger partial charge in [-0.3, -0.25) is 9.59 Å². The molecule has 1 aliphatic rings. The fourth-order valence-corrected chi connectivity index (χ4v) is 3.68. The molecule has 0 aliphatic carbocycles. The Morgan fingerprint density at radius 2 is 1.83 bits per heavy atom. The summed E-state index contributed by atoms with van der Waals surface area (Å²) < 4.78 is 20.1. The lowest BCUT2D eigenvalue weighted by atomic mass is 9.94. The summed E-state index contributed by atoms with van der Waals surface area (Å²) in [5.41, 5.74) is 2.34. The molecule has 1 amide bonds. The largest absolute Gasteiger partial charge is 0.507 e.